The molecule has 4 atom stereocenters. The SMILES string of the molecule is NC1CCC(C(=O)N2CCCC3C(=O)NCC32)C1. The van der Waals surface area contributed by atoms with E-state index < -0.39 is 0 Å². The Morgan fingerprint density at radius 2 is 2.17 bits per heavy atom. The van der Waals surface area contributed by atoms with Crippen LogP contribution in [0.2, 0.25) is 0 Å². The normalized spacial score (nSPS) is 39.6. The fourth-order valence-corrected chi connectivity index (χ4v) is 3.70. The summed E-state index contributed by atoms with van der Waals surface area (Å²) >= 11 is 0. The zero-order chi connectivity index (χ0) is 12.7. The highest BCUT2D eigenvalue weighted by Crippen LogP contribution is 2.32. The Hall–Kier alpha value is -1.10. The largest absolute Gasteiger partial charge is 0.354 e. The fraction of sp³-hybridized carbons (Fsp3) is 0.846. The number of hydrogen-bond acceptors (Lipinski definition) is 3. The number of likely N-dealkylation sites (tertiary alicyclic amines) is 1. The average molecular weight is 251 g/mol. The van der Waals surface area contributed by atoms with Gasteiger partial charge in [0.2, 0.25) is 11.8 Å². The van der Waals surface area contributed by atoms with Crippen molar-refractivity contribution in [2.45, 2.75) is 44.2 Å². The van der Waals surface area contributed by atoms with Gasteiger partial charge in [0.05, 0.1) is 12.0 Å². The Morgan fingerprint density at radius 3 is 2.89 bits per heavy atom. The number of nitrogens with zero attached hydrogens (tertiary/aromatic N) is 1. The molecule has 2 saturated heterocycles. The zero-order valence-corrected chi connectivity index (χ0v) is 10.6. The molecule has 2 aliphatic heterocycles. The summed E-state index contributed by atoms with van der Waals surface area (Å²) in [7, 11) is 0. The Bertz CT molecular complexity index is 371. The van der Waals surface area contributed by atoms with Gasteiger partial charge in [-0.15, -0.1) is 0 Å². The molecule has 3 fully saturated rings. The first-order valence-electron chi connectivity index (χ1n) is 7.00. The standard InChI is InChI=1S/C13H21N3O2/c14-9-4-3-8(6-9)13(18)16-5-1-2-10-11(16)7-15-12(10)17/h8-11H,1-7,14H2,(H,15,17). The van der Waals surface area contributed by atoms with Crippen LogP contribution in [-0.2, 0) is 9.59 Å². The smallest absolute Gasteiger partial charge is 0.226 e. The first-order chi connectivity index (χ1) is 8.66. The van der Waals surface area contributed by atoms with Gasteiger partial charge in [-0.05, 0) is 32.1 Å². The molecule has 1 saturated carbocycles. The molecule has 2 heterocycles. The number of amides is 2. The minimum absolute atomic E-state index is 0.0257. The van der Waals surface area contributed by atoms with E-state index in [1.807, 2.05) is 4.90 Å². The highest BCUT2D eigenvalue weighted by atomic mass is 16.2. The van der Waals surface area contributed by atoms with Crippen LogP contribution in [-0.4, -0.2) is 41.9 Å². The monoisotopic (exact) mass is 251 g/mol. The third-order valence-corrected chi connectivity index (χ3v) is 4.71. The number of fused-ring (bicyclic) bond motifs is 1. The number of rotatable bonds is 1. The second kappa shape index (κ2) is 4.53. The van der Waals surface area contributed by atoms with Gasteiger partial charge in [-0.1, -0.05) is 0 Å². The van der Waals surface area contributed by atoms with Crippen molar-refractivity contribution >= 4 is 11.8 Å². The highest BCUT2D eigenvalue weighted by molar-refractivity contribution is 5.85. The molecule has 100 valence electrons. The van der Waals surface area contributed by atoms with Crippen molar-refractivity contribution in [1.29, 1.82) is 0 Å². The predicted molar refractivity (Wildman–Crippen MR) is 66.6 cm³/mol. The molecular weight excluding hydrogens is 230 g/mol. The maximum Gasteiger partial charge on any atom is 0.226 e. The van der Waals surface area contributed by atoms with Crippen LogP contribution >= 0.6 is 0 Å². The number of carbonyl (C=O) groups is 2. The van der Waals surface area contributed by atoms with Gasteiger partial charge < -0.3 is 16.0 Å². The molecule has 5 nitrogen and oxygen atoms in total. The quantitative estimate of drug-likeness (QED) is 0.680. The summed E-state index contributed by atoms with van der Waals surface area (Å²) in [5.74, 6) is 0.474. The van der Waals surface area contributed by atoms with Crippen LogP contribution in [0.15, 0.2) is 0 Å². The van der Waals surface area contributed by atoms with E-state index in [9.17, 15) is 9.59 Å². The van der Waals surface area contributed by atoms with Gasteiger partial charge in [-0.25, -0.2) is 0 Å². The van der Waals surface area contributed by atoms with Crippen molar-refractivity contribution in [1.82, 2.24) is 10.2 Å². The highest BCUT2D eigenvalue weighted by Gasteiger charge is 2.44. The maximum atomic E-state index is 12.5. The van der Waals surface area contributed by atoms with E-state index in [0.29, 0.717) is 6.54 Å². The van der Waals surface area contributed by atoms with Crippen LogP contribution < -0.4 is 11.1 Å². The third kappa shape index (κ3) is 1.90. The first kappa shape index (κ1) is 12.0. The molecule has 4 unspecified atom stereocenters. The summed E-state index contributed by atoms with van der Waals surface area (Å²) in [4.78, 5) is 26.2. The third-order valence-electron chi connectivity index (χ3n) is 4.71. The molecule has 0 aromatic carbocycles. The first-order valence-corrected chi connectivity index (χ1v) is 7.00. The number of hydrogen-bond donors (Lipinski definition) is 2. The number of carbonyl (C=O) groups excluding carboxylic acids is 2. The van der Waals surface area contributed by atoms with E-state index in [4.69, 9.17) is 5.73 Å². The van der Waals surface area contributed by atoms with Gasteiger partial charge in [0, 0.05) is 25.0 Å². The lowest BCUT2D eigenvalue weighted by Gasteiger charge is -2.37. The van der Waals surface area contributed by atoms with Crippen LogP contribution in [0.25, 0.3) is 0 Å². The van der Waals surface area contributed by atoms with E-state index in [-0.39, 0.29) is 35.7 Å². The van der Waals surface area contributed by atoms with Crippen molar-refractivity contribution in [3.8, 4) is 0 Å². The zero-order valence-electron chi connectivity index (χ0n) is 10.6. The van der Waals surface area contributed by atoms with Gasteiger partial charge in [0.25, 0.3) is 0 Å². The summed E-state index contributed by atoms with van der Waals surface area (Å²) < 4.78 is 0. The molecule has 5 heteroatoms. The minimum Gasteiger partial charge on any atom is -0.354 e. The molecule has 0 aromatic rings. The number of nitrogens with one attached hydrogen (secondary N) is 1. The van der Waals surface area contributed by atoms with E-state index in [2.05, 4.69) is 5.32 Å². The van der Waals surface area contributed by atoms with E-state index in [0.717, 1.165) is 38.6 Å². The Balaban J connectivity index is 1.71. The molecule has 0 bridgehead atoms. The summed E-state index contributed by atoms with van der Waals surface area (Å²) in [6.07, 6.45) is 4.54. The van der Waals surface area contributed by atoms with Crippen LogP contribution in [0.3, 0.4) is 0 Å². The van der Waals surface area contributed by atoms with Gasteiger partial charge in [0.1, 0.15) is 0 Å². The van der Waals surface area contributed by atoms with E-state index in [1.165, 1.54) is 0 Å². The molecule has 1 aliphatic carbocycles. The second-order valence-electron chi connectivity index (χ2n) is 5.86. The summed E-state index contributed by atoms with van der Waals surface area (Å²) in [6, 6.07) is 0.276. The van der Waals surface area contributed by atoms with E-state index in [1.54, 1.807) is 0 Å². The fourth-order valence-electron chi connectivity index (χ4n) is 3.70. The van der Waals surface area contributed by atoms with Crippen molar-refractivity contribution in [3.05, 3.63) is 0 Å². The minimum atomic E-state index is 0.0257. The van der Waals surface area contributed by atoms with Gasteiger partial charge in [0.15, 0.2) is 0 Å². The molecule has 0 radical (unpaired) electrons. The van der Waals surface area contributed by atoms with Crippen molar-refractivity contribution in [3.63, 3.8) is 0 Å². The van der Waals surface area contributed by atoms with Crippen molar-refractivity contribution < 1.29 is 9.59 Å². The number of nitrogens with two attached hydrogens (primary N) is 1. The lowest BCUT2D eigenvalue weighted by Crippen LogP contribution is -2.50. The molecule has 3 aliphatic rings. The molecule has 2 amide bonds. The summed E-state index contributed by atoms with van der Waals surface area (Å²) in [5, 5.41) is 2.89. The summed E-state index contributed by atoms with van der Waals surface area (Å²) in [6.45, 7) is 1.44. The van der Waals surface area contributed by atoms with Crippen LogP contribution in [0.5, 0.6) is 0 Å². The van der Waals surface area contributed by atoms with Gasteiger partial charge in [-0.2, -0.15) is 0 Å². The molecular formula is C13H21N3O2. The molecule has 0 aromatic heterocycles. The Kier molecular flexibility index (Phi) is 3.01. The lowest BCUT2D eigenvalue weighted by atomic mass is 9.90. The second-order valence-corrected chi connectivity index (χ2v) is 5.86. The topological polar surface area (TPSA) is 75.4 Å². The Labute approximate surface area is 107 Å². The van der Waals surface area contributed by atoms with Crippen molar-refractivity contribution in [2.75, 3.05) is 13.1 Å². The van der Waals surface area contributed by atoms with Gasteiger partial charge >= 0.3 is 0 Å². The molecule has 18 heavy (non-hydrogen) atoms. The van der Waals surface area contributed by atoms with Gasteiger partial charge in [-0.3, -0.25) is 9.59 Å². The lowest BCUT2D eigenvalue weighted by molar-refractivity contribution is -0.140. The van der Waals surface area contributed by atoms with Crippen LogP contribution in [0.1, 0.15) is 32.1 Å². The van der Waals surface area contributed by atoms with Crippen LogP contribution in [0, 0.1) is 11.8 Å². The molecule has 0 spiro atoms. The average Bonchev–Trinajstić information content (AvgIpc) is 2.96. The maximum absolute atomic E-state index is 12.5. The van der Waals surface area contributed by atoms with Crippen LogP contribution in [0.4, 0.5) is 0 Å². The molecule has 3 N–H and O–H groups in total. The van der Waals surface area contributed by atoms with E-state index >= 15 is 0 Å². The Morgan fingerprint density at radius 1 is 1.33 bits per heavy atom. The van der Waals surface area contributed by atoms with Crippen molar-refractivity contribution in [2.24, 2.45) is 17.6 Å². The summed E-state index contributed by atoms with van der Waals surface area (Å²) in [5.41, 5.74) is 5.88. The predicted octanol–water partition coefficient (Wildman–Crippen LogP) is -0.149. The number of piperidine rings is 1. The molecule has 3 rings (SSSR count).